The summed E-state index contributed by atoms with van der Waals surface area (Å²) in [6.45, 7) is 2.35. The first-order valence-corrected chi connectivity index (χ1v) is 6.73. The number of benzene rings is 1. The van der Waals surface area contributed by atoms with Gasteiger partial charge in [0, 0.05) is 5.02 Å². The van der Waals surface area contributed by atoms with Gasteiger partial charge in [-0.15, -0.1) is 0 Å². The van der Waals surface area contributed by atoms with E-state index in [1.165, 1.54) is 37.7 Å². The molecular weight excluding hydrogens is 216 g/mol. The Morgan fingerprint density at radius 3 is 2.50 bits per heavy atom. The zero-order valence-corrected chi connectivity index (χ0v) is 10.8. The largest absolute Gasteiger partial charge is 0.0840 e. The highest BCUT2D eigenvalue weighted by Crippen LogP contribution is 2.34. The molecule has 1 atom stereocenters. The van der Waals surface area contributed by atoms with E-state index < -0.39 is 0 Å². The second-order valence-electron chi connectivity index (χ2n) is 4.92. The van der Waals surface area contributed by atoms with E-state index in [0.29, 0.717) is 5.92 Å². The van der Waals surface area contributed by atoms with Crippen LogP contribution in [0.5, 0.6) is 0 Å². The Kier molecular flexibility index (Phi) is 4.29. The van der Waals surface area contributed by atoms with Crippen LogP contribution in [0.25, 0.3) is 0 Å². The molecule has 1 aromatic rings. The molecule has 0 aliphatic heterocycles. The van der Waals surface area contributed by atoms with Crippen LogP contribution in [0.15, 0.2) is 24.3 Å². The lowest BCUT2D eigenvalue weighted by molar-refractivity contribution is 0.434. The van der Waals surface area contributed by atoms with Gasteiger partial charge in [0.25, 0.3) is 0 Å². The molecule has 0 aromatic heterocycles. The molecule has 1 unspecified atom stereocenters. The Hall–Kier alpha value is -0.490. The maximum atomic E-state index is 6.20. The van der Waals surface area contributed by atoms with Gasteiger partial charge in [-0.1, -0.05) is 56.0 Å². The van der Waals surface area contributed by atoms with E-state index in [1.807, 2.05) is 12.1 Å². The first kappa shape index (κ1) is 12.0. The summed E-state index contributed by atoms with van der Waals surface area (Å²) in [5, 5.41) is 0.922. The van der Waals surface area contributed by atoms with Crippen molar-refractivity contribution in [3.05, 3.63) is 40.8 Å². The molecule has 1 heteroatoms. The molecule has 0 saturated heterocycles. The predicted octanol–water partition coefficient (Wildman–Crippen LogP) is 5.06. The van der Waals surface area contributed by atoms with Crippen molar-refractivity contribution >= 4 is 11.6 Å². The smallest absolute Gasteiger partial charge is 0.0438 e. The zero-order valence-electron chi connectivity index (χ0n) is 10.0. The van der Waals surface area contributed by atoms with Crippen LogP contribution in [0.3, 0.4) is 0 Å². The van der Waals surface area contributed by atoms with Crippen molar-refractivity contribution in [3.8, 4) is 0 Å². The van der Waals surface area contributed by atoms with Crippen molar-refractivity contribution in [2.45, 2.75) is 45.4 Å². The van der Waals surface area contributed by atoms with Gasteiger partial charge in [-0.25, -0.2) is 0 Å². The Morgan fingerprint density at radius 1 is 1.12 bits per heavy atom. The zero-order chi connectivity index (χ0) is 11.4. The van der Waals surface area contributed by atoms with Crippen LogP contribution in [-0.4, -0.2) is 0 Å². The number of halogens is 1. The van der Waals surface area contributed by atoms with E-state index in [1.54, 1.807) is 5.92 Å². The first-order chi connectivity index (χ1) is 7.77. The van der Waals surface area contributed by atoms with Gasteiger partial charge in [-0.2, -0.15) is 0 Å². The molecule has 1 aliphatic carbocycles. The van der Waals surface area contributed by atoms with Crippen LogP contribution < -0.4 is 0 Å². The van der Waals surface area contributed by atoms with Crippen LogP contribution in [0, 0.1) is 11.8 Å². The van der Waals surface area contributed by atoms with E-state index >= 15 is 0 Å². The molecule has 87 valence electrons. The summed E-state index contributed by atoms with van der Waals surface area (Å²) < 4.78 is 0. The number of rotatable bonds is 3. The minimum absolute atomic E-state index is 0.695. The quantitative estimate of drug-likeness (QED) is 0.687. The van der Waals surface area contributed by atoms with Gasteiger partial charge in [0.2, 0.25) is 0 Å². The third-order valence-electron chi connectivity index (χ3n) is 3.68. The topological polar surface area (TPSA) is 0 Å². The maximum Gasteiger partial charge on any atom is 0.0438 e. The monoisotopic (exact) mass is 235 g/mol. The van der Waals surface area contributed by atoms with Crippen molar-refractivity contribution in [2.24, 2.45) is 5.92 Å². The van der Waals surface area contributed by atoms with Gasteiger partial charge in [0.05, 0.1) is 0 Å². The molecule has 16 heavy (non-hydrogen) atoms. The molecular formula is C15H20Cl. The highest BCUT2D eigenvalue weighted by Gasteiger charge is 2.21. The second-order valence-corrected chi connectivity index (χ2v) is 5.32. The van der Waals surface area contributed by atoms with Gasteiger partial charge in [-0.3, -0.25) is 0 Å². The van der Waals surface area contributed by atoms with Crippen LogP contribution in [0.4, 0.5) is 0 Å². The van der Waals surface area contributed by atoms with Gasteiger partial charge in [0.15, 0.2) is 0 Å². The highest BCUT2D eigenvalue weighted by atomic mass is 35.5. The van der Waals surface area contributed by atoms with Crippen LogP contribution >= 0.6 is 11.6 Å². The molecule has 0 N–H and O–H groups in total. The lowest BCUT2D eigenvalue weighted by atomic mass is 9.78. The third-order valence-corrected chi connectivity index (χ3v) is 4.05. The summed E-state index contributed by atoms with van der Waals surface area (Å²) in [5.74, 6) is 2.45. The predicted molar refractivity (Wildman–Crippen MR) is 70.6 cm³/mol. The minimum atomic E-state index is 0.695. The van der Waals surface area contributed by atoms with Crippen molar-refractivity contribution in [2.75, 3.05) is 0 Å². The molecule has 0 heterocycles. The summed E-state index contributed by atoms with van der Waals surface area (Å²) in [7, 11) is 0. The van der Waals surface area contributed by atoms with E-state index in [2.05, 4.69) is 19.1 Å². The van der Waals surface area contributed by atoms with E-state index in [0.717, 1.165) is 11.4 Å². The normalized spacial score (nSPS) is 19.6. The third kappa shape index (κ3) is 3.01. The standard InChI is InChI=1S/C15H20Cl/c1-12(13-7-3-2-4-8-13)11-14-9-5-6-10-15(14)16/h5-6,9-10,12H,2-4,7-8,11H2,1H3. The molecule has 1 fully saturated rings. The van der Waals surface area contributed by atoms with Gasteiger partial charge >= 0.3 is 0 Å². The molecule has 0 spiro atoms. The highest BCUT2D eigenvalue weighted by molar-refractivity contribution is 6.31. The number of hydrogen-bond acceptors (Lipinski definition) is 0. The van der Waals surface area contributed by atoms with Crippen LogP contribution in [0.1, 0.15) is 44.6 Å². The summed E-state index contributed by atoms with van der Waals surface area (Å²) in [6, 6.07) is 8.24. The van der Waals surface area contributed by atoms with Crippen molar-refractivity contribution in [1.82, 2.24) is 0 Å². The molecule has 0 nitrogen and oxygen atoms in total. The number of hydrogen-bond donors (Lipinski definition) is 0. The van der Waals surface area contributed by atoms with E-state index in [-0.39, 0.29) is 0 Å². The second kappa shape index (κ2) is 5.72. The SMILES string of the molecule is CC(Cc1ccccc1Cl)[C]1CCCCC1. The molecule has 0 amide bonds. The molecule has 1 saturated carbocycles. The Morgan fingerprint density at radius 2 is 1.81 bits per heavy atom. The van der Waals surface area contributed by atoms with Crippen molar-refractivity contribution < 1.29 is 0 Å². The molecule has 1 radical (unpaired) electrons. The lowest BCUT2D eigenvalue weighted by Gasteiger charge is -2.27. The van der Waals surface area contributed by atoms with E-state index in [4.69, 9.17) is 11.6 Å². The lowest BCUT2D eigenvalue weighted by Crippen LogP contribution is -2.15. The van der Waals surface area contributed by atoms with Crippen molar-refractivity contribution in [1.29, 1.82) is 0 Å². The summed E-state index contributed by atoms with van der Waals surface area (Å²) >= 11 is 6.20. The molecule has 1 aliphatic rings. The Labute approximate surface area is 104 Å². The minimum Gasteiger partial charge on any atom is -0.0840 e. The maximum absolute atomic E-state index is 6.20. The summed E-state index contributed by atoms with van der Waals surface area (Å²) in [4.78, 5) is 0. The fourth-order valence-electron chi connectivity index (χ4n) is 2.64. The average molecular weight is 236 g/mol. The van der Waals surface area contributed by atoms with Crippen LogP contribution in [-0.2, 0) is 6.42 Å². The summed E-state index contributed by atoms with van der Waals surface area (Å²) in [6.07, 6.45) is 7.99. The first-order valence-electron chi connectivity index (χ1n) is 6.35. The molecule has 0 bridgehead atoms. The van der Waals surface area contributed by atoms with Gasteiger partial charge in [-0.05, 0) is 42.7 Å². The molecule has 2 rings (SSSR count). The summed E-state index contributed by atoms with van der Waals surface area (Å²) in [5.41, 5.74) is 1.30. The van der Waals surface area contributed by atoms with Gasteiger partial charge < -0.3 is 0 Å². The van der Waals surface area contributed by atoms with Crippen LogP contribution in [0.2, 0.25) is 5.02 Å². The van der Waals surface area contributed by atoms with Gasteiger partial charge in [0.1, 0.15) is 0 Å². The van der Waals surface area contributed by atoms with E-state index in [9.17, 15) is 0 Å². The fraction of sp³-hybridized carbons (Fsp3) is 0.533. The Balaban J connectivity index is 1.96. The Bertz CT molecular complexity index is 326. The fourth-order valence-corrected chi connectivity index (χ4v) is 2.85. The molecule has 1 aromatic carbocycles. The van der Waals surface area contributed by atoms with Crippen molar-refractivity contribution in [3.63, 3.8) is 0 Å². The average Bonchev–Trinajstić information content (AvgIpc) is 2.33.